The number of nitrogens with zero attached hydrogens (tertiary/aromatic N) is 1. The Hall–Kier alpha value is -0.160. The molecule has 0 saturated carbocycles. The summed E-state index contributed by atoms with van der Waals surface area (Å²) in [6.07, 6.45) is 1.61. The molecule has 0 amide bonds. The number of hydrogen-bond acceptors (Lipinski definition) is 4. The molecule has 0 aromatic heterocycles. The topological polar surface area (TPSA) is 52.9 Å². The van der Waals surface area contributed by atoms with Crippen LogP contribution in [0, 0.1) is 5.41 Å². The van der Waals surface area contributed by atoms with Crippen molar-refractivity contribution >= 4 is 0 Å². The predicted octanol–water partition coefficient (Wildman–Crippen LogP) is -0.548. The number of aliphatic hydroxyl groups is 2. The number of aliphatic hydroxyl groups excluding tert-OH is 2. The highest BCUT2D eigenvalue weighted by Crippen LogP contribution is 2.28. The largest absolute Gasteiger partial charge is 0.396 e. The smallest absolute Gasteiger partial charge is 0.0579 e. The Balaban J connectivity index is 1.79. The molecule has 2 fully saturated rings. The molecule has 2 aliphatic heterocycles. The lowest BCUT2D eigenvalue weighted by molar-refractivity contribution is -0.150. The molecule has 0 radical (unpaired) electrons. The molecule has 2 saturated heterocycles. The number of ether oxygens (including phenoxy) is 1. The molecule has 0 aromatic carbocycles. The number of piperidine rings is 1. The second-order valence-corrected chi connectivity index (χ2v) is 4.66. The zero-order valence-electron chi connectivity index (χ0n) is 8.48. The standard InChI is InChI=1S/C10H19NO3/c12-6-10(7-14-8-10)5-11-3-1-9(13)2-4-11/h9,12-13H,1-8H2. The molecule has 0 atom stereocenters. The van der Waals surface area contributed by atoms with Crippen molar-refractivity contribution in [2.75, 3.05) is 39.5 Å². The van der Waals surface area contributed by atoms with E-state index in [1.54, 1.807) is 0 Å². The average Bonchev–Trinajstić information content (AvgIpc) is 2.15. The quantitative estimate of drug-likeness (QED) is 0.643. The van der Waals surface area contributed by atoms with Crippen LogP contribution in [0.5, 0.6) is 0 Å². The van der Waals surface area contributed by atoms with Crippen LogP contribution >= 0.6 is 0 Å². The minimum atomic E-state index is -0.117. The Bertz CT molecular complexity index is 180. The van der Waals surface area contributed by atoms with Gasteiger partial charge in [-0.1, -0.05) is 0 Å². The molecule has 4 heteroatoms. The Kier molecular flexibility index (Phi) is 3.07. The van der Waals surface area contributed by atoms with E-state index in [0.717, 1.165) is 32.5 Å². The van der Waals surface area contributed by atoms with Gasteiger partial charge in [0.05, 0.1) is 31.3 Å². The Labute approximate surface area is 84.5 Å². The van der Waals surface area contributed by atoms with Crippen LogP contribution in [0.25, 0.3) is 0 Å². The summed E-state index contributed by atoms with van der Waals surface area (Å²) in [6, 6.07) is 0. The van der Waals surface area contributed by atoms with Gasteiger partial charge in [0.25, 0.3) is 0 Å². The Morgan fingerprint density at radius 3 is 2.36 bits per heavy atom. The van der Waals surface area contributed by atoms with E-state index in [1.165, 1.54) is 0 Å². The van der Waals surface area contributed by atoms with E-state index in [0.29, 0.717) is 13.2 Å². The van der Waals surface area contributed by atoms with Crippen molar-refractivity contribution in [3.8, 4) is 0 Å². The van der Waals surface area contributed by atoms with Crippen molar-refractivity contribution in [1.29, 1.82) is 0 Å². The van der Waals surface area contributed by atoms with Crippen LogP contribution in [-0.2, 0) is 4.74 Å². The van der Waals surface area contributed by atoms with Gasteiger partial charge in [-0.2, -0.15) is 0 Å². The molecule has 2 heterocycles. The van der Waals surface area contributed by atoms with Crippen LogP contribution in [0.4, 0.5) is 0 Å². The molecule has 2 N–H and O–H groups in total. The molecule has 2 aliphatic rings. The third kappa shape index (κ3) is 2.08. The van der Waals surface area contributed by atoms with E-state index < -0.39 is 0 Å². The van der Waals surface area contributed by atoms with Gasteiger partial charge in [-0.05, 0) is 12.8 Å². The molecule has 0 bridgehead atoms. The van der Waals surface area contributed by atoms with Gasteiger partial charge in [-0.25, -0.2) is 0 Å². The SMILES string of the molecule is OCC1(CN2CCC(O)CC2)COC1. The van der Waals surface area contributed by atoms with Crippen molar-refractivity contribution in [2.45, 2.75) is 18.9 Å². The van der Waals surface area contributed by atoms with Crippen molar-refractivity contribution < 1.29 is 14.9 Å². The van der Waals surface area contributed by atoms with Crippen molar-refractivity contribution in [3.63, 3.8) is 0 Å². The predicted molar refractivity (Wildman–Crippen MR) is 52.0 cm³/mol. The molecule has 0 spiro atoms. The maximum absolute atomic E-state index is 9.35. The number of likely N-dealkylation sites (tertiary alicyclic amines) is 1. The summed E-state index contributed by atoms with van der Waals surface area (Å²) in [5, 5.41) is 18.6. The van der Waals surface area contributed by atoms with Gasteiger partial charge >= 0.3 is 0 Å². The Morgan fingerprint density at radius 2 is 1.93 bits per heavy atom. The van der Waals surface area contributed by atoms with E-state index in [-0.39, 0.29) is 18.1 Å². The number of rotatable bonds is 3. The fourth-order valence-electron chi connectivity index (χ4n) is 2.18. The maximum Gasteiger partial charge on any atom is 0.0579 e. The van der Waals surface area contributed by atoms with E-state index in [4.69, 9.17) is 4.74 Å². The van der Waals surface area contributed by atoms with E-state index in [9.17, 15) is 10.2 Å². The summed E-state index contributed by atoms with van der Waals surface area (Å²) in [7, 11) is 0. The highest BCUT2D eigenvalue weighted by molar-refractivity contribution is 4.89. The summed E-state index contributed by atoms with van der Waals surface area (Å²) in [6.45, 7) is 4.39. The molecular weight excluding hydrogens is 182 g/mol. The highest BCUT2D eigenvalue weighted by Gasteiger charge is 2.40. The highest BCUT2D eigenvalue weighted by atomic mass is 16.5. The van der Waals surface area contributed by atoms with Gasteiger partial charge < -0.3 is 19.8 Å². The van der Waals surface area contributed by atoms with Gasteiger partial charge in [0, 0.05) is 19.6 Å². The zero-order valence-corrected chi connectivity index (χ0v) is 8.48. The molecule has 82 valence electrons. The van der Waals surface area contributed by atoms with Crippen LogP contribution in [0.1, 0.15) is 12.8 Å². The lowest BCUT2D eigenvalue weighted by atomic mass is 9.86. The minimum Gasteiger partial charge on any atom is -0.396 e. The van der Waals surface area contributed by atoms with E-state index in [1.807, 2.05) is 0 Å². The molecular formula is C10H19NO3. The van der Waals surface area contributed by atoms with Crippen LogP contribution in [0.3, 0.4) is 0 Å². The summed E-state index contributed by atoms with van der Waals surface area (Å²) in [5.74, 6) is 0. The van der Waals surface area contributed by atoms with Crippen LogP contribution in [-0.4, -0.2) is 60.7 Å². The second kappa shape index (κ2) is 4.14. The summed E-state index contributed by atoms with van der Waals surface area (Å²) >= 11 is 0. The fourth-order valence-corrected chi connectivity index (χ4v) is 2.18. The molecule has 4 nitrogen and oxygen atoms in total. The van der Waals surface area contributed by atoms with E-state index >= 15 is 0 Å². The zero-order chi connectivity index (χ0) is 10.0. The van der Waals surface area contributed by atoms with Crippen molar-refractivity contribution in [1.82, 2.24) is 4.90 Å². The normalized spacial score (nSPS) is 28.7. The molecule has 14 heavy (non-hydrogen) atoms. The summed E-state index contributed by atoms with van der Waals surface area (Å²) in [4.78, 5) is 2.32. The first-order chi connectivity index (χ1) is 6.74. The summed E-state index contributed by atoms with van der Waals surface area (Å²) in [5.41, 5.74) is -0.0116. The van der Waals surface area contributed by atoms with Gasteiger partial charge in [0.2, 0.25) is 0 Å². The lowest BCUT2D eigenvalue weighted by Crippen LogP contribution is -2.54. The first kappa shape index (κ1) is 10.4. The first-order valence-corrected chi connectivity index (χ1v) is 5.33. The van der Waals surface area contributed by atoms with Gasteiger partial charge in [0.1, 0.15) is 0 Å². The maximum atomic E-state index is 9.35. The van der Waals surface area contributed by atoms with Crippen LogP contribution < -0.4 is 0 Å². The van der Waals surface area contributed by atoms with Gasteiger partial charge in [-0.15, -0.1) is 0 Å². The van der Waals surface area contributed by atoms with Gasteiger partial charge in [-0.3, -0.25) is 0 Å². The van der Waals surface area contributed by atoms with Crippen molar-refractivity contribution in [3.05, 3.63) is 0 Å². The third-order valence-corrected chi connectivity index (χ3v) is 3.27. The van der Waals surface area contributed by atoms with Crippen LogP contribution in [0.15, 0.2) is 0 Å². The lowest BCUT2D eigenvalue weighted by Gasteiger charge is -2.44. The molecule has 0 aliphatic carbocycles. The third-order valence-electron chi connectivity index (χ3n) is 3.27. The summed E-state index contributed by atoms with van der Waals surface area (Å²) < 4.78 is 5.16. The average molecular weight is 201 g/mol. The van der Waals surface area contributed by atoms with Crippen LogP contribution in [0.2, 0.25) is 0 Å². The van der Waals surface area contributed by atoms with Gasteiger partial charge in [0.15, 0.2) is 0 Å². The van der Waals surface area contributed by atoms with Crippen molar-refractivity contribution in [2.24, 2.45) is 5.41 Å². The van der Waals surface area contributed by atoms with E-state index in [2.05, 4.69) is 4.90 Å². The second-order valence-electron chi connectivity index (χ2n) is 4.66. The monoisotopic (exact) mass is 201 g/mol. The first-order valence-electron chi connectivity index (χ1n) is 5.33. The Morgan fingerprint density at radius 1 is 1.29 bits per heavy atom. The molecule has 2 rings (SSSR count). The minimum absolute atomic E-state index is 0.0116. The molecule has 0 aromatic rings. The fraction of sp³-hybridized carbons (Fsp3) is 1.00. The molecule has 0 unspecified atom stereocenters. The number of hydrogen-bond donors (Lipinski definition) is 2.